The van der Waals surface area contributed by atoms with Gasteiger partial charge >= 0.3 is 0 Å². The van der Waals surface area contributed by atoms with E-state index < -0.39 is 0 Å². The highest BCUT2D eigenvalue weighted by atomic mass is 16.5. The SMILES string of the molecule is CCCn1nncc1C(N)CCOC. The zero-order chi connectivity index (χ0) is 10.4. The van der Waals surface area contributed by atoms with E-state index >= 15 is 0 Å². The van der Waals surface area contributed by atoms with Crippen LogP contribution in [-0.4, -0.2) is 28.7 Å². The molecule has 0 saturated carbocycles. The minimum absolute atomic E-state index is 0.0310. The van der Waals surface area contributed by atoms with Gasteiger partial charge in [-0.05, 0) is 12.8 Å². The minimum Gasteiger partial charge on any atom is -0.385 e. The maximum Gasteiger partial charge on any atom is 0.0755 e. The van der Waals surface area contributed by atoms with Crippen LogP contribution in [0.2, 0.25) is 0 Å². The van der Waals surface area contributed by atoms with Crippen LogP contribution in [0.15, 0.2) is 6.20 Å². The van der Waals surface area contributed by atoms with Crippen LogP contribution in [0, 0.1) is 0 Å². The highest BCUT2D eigenvalue weighted by Gasteiger charge is 2.11. The monoisotopic (exact) mass is 198 g/mol. The predicted molar refractivity (Wildman–Crippen MR) is 53.7 cm³/mol. The number of nitrogens with zero attached hydrogens (tertiary/aromatic N) is 3. The van der Waals surface area contributed by atoms with Crippen LogP contribution in [0.4, 0.5) is 0 Å². The fourth-order valence-electron chi connectivity index (χ4n) is 1.33. The van der Waals surface area contributed by atoms with Crippen LogP contribution >= 0.6 is 0 Å². The van der Waals surface area contributed by atoms with Crippen LogP contribution in [0.5, 0.6) is 0 Å². The molecule has 1 atom stereocenters. The average Bonchev–Trinajstić information content (AvgIpc) is 2.63. The van der Waals surface area contributed by atoms with Gasteiger partial charge < -0.3 is 10.5 Å². The minimum atomic E-state index is -0.0310. The molecule has 1 unspecified atom stereocenters. The van der Waals surface area contributed by atoms with Crippen molar-refractivity contribution in [2.24, 2.45) is 5.73 Å². The molecule has 1 aromatic heterocycles. The summed E-state index contributed by atoms with van der Waals surface area (Å²) in [6, 6.07) is -0.0310. The predicted octanol–water partition coefficient (Wildman–Crippen LogP) is 0.724. The Labute approximate surface area is 84.2 Å². The Morgan fingerprint density at radius 1 is 1.64 bits per heavy atom. The normalized spacial score (nSPS) is 13.1. The molecule has 0 radical (unpaired) electrons. The van der Waals surface area contributed by atoms with Crippen molar-refractivity contribution in [1.29, 1.82) is 0 Å². The first-order valence-electron chi connectivity index (χ1n) is 4.92. The van der Waals surface area contributed by atoms with Gasteiger partial charge in [-0.2, -0.15) is 0 Å². The van der Waals surface area contributed by atoms with Crippen LogP contribution in [0.1, 0.15) is 31.5 Å². The largest absolute Gasteiger partial charge is 0.385 e. The summed E-state index contributed by atoms with van der Waals surface area (Å²) < 4.78 is 6.84. The number of ether oxygens (including phenoxy) is 1. The van der Waals surface area contributed by atoms with Gasteiger partial charge in [-0.25, -0.2) is 4.68 Å². The molecule has 5 heteroatoms. The van der Waals surface area contributed by atoms with Gasteiger partial charge in [-0.1, -0.05) is 12.1 Å². The van der Waals surface area contributed by atoms with Gasteiger partial charge in [-0.15, -0.1) is 5.10 Å². The third-order valence-corrected chi connectivity index (χ3v) is 2.10. The first kappa shape index (κ1) is 11.1. The third-order valence-electron chi connectivity index (χ3n) is 2.10. The van der Waals surface area contributed by atoms with Crippen molar-refractivity contribution in [2.75, 3.05) is 13.7 Å². The molecule has 0 aliphatic carbocycles. The number of methoxy groups -OCH3 is 1. The average molecular weight is 198 g/mol. The standard InChI is InChI=1S/C9H18N4O/c1-3-5-13-9(7-11-12-13)8(10)4-6-14-2/h7-8H,3-6,10H2,1-2H3. The highest BCUT2D eigenvalue weighted by Crippen LogP contribution is 2.12. The molecular weight excluding hydrogens is 180 g/mol. The molecule has 14 heavy (non-hydrogen) atoms. The first-order valence-corrected chi connectivity index (χ1v) is 4.92. The van der Waals surface area contributed by atoms with Gasteiger partial charge in [-0.3, -0.25) is 0 Å². The summed E-state index contributed by atoms with van der Waals surface area (Å²) >= 11 is 0. The van der Waals surface area contributed by atoms with E-state index in [9.17, 15) is 0 Å². The molecule has 1 heterocycles. The second kappa shape index (κ2) is 5.72. The summed E-state index contributed by atoms with van der Waals surface area (Å²) in [5.74, 6) is 0. The summed E-state index contributed by atoms with van der Waals surface area (Å²) in [6.45, 7) is 3.64. The first-order chi connectivity index (χ1) is 6.79. The molecular formula is C9H18N4O. The quantitative estimate of drug-likeness (QED) is 0.731. The van der Waals surface area contributed by atoms with E-state index in [1.807, 2.05) is 4.68 Å². The Hall–Kier alpha value is -0.940. The van der Waals surface area contributed by atoms with Crippen molar-refractivity contribution in [1.82, 2.24) is 15.0 Å². The summed E-state index contributed by atoms with van der Waals surface area (Å²) in [5, 5.41) is 7.84. The number of nitrogens with two attached hydrogens (primary N) is 1. The smallest absolute Gasteiger partial charge is 0.0755 e. The molecule has 1 rings (SSSR count). The number of hydrogen-bond donors (Lipinski definition) is 1. The zero-order valence-electron chi connectivity index (χ0n) is 8.81. The lowest BCUT2D eigenvalue weighted by atomic mass is 10.2. The zero-order valence-corrected chi connectivity index (χ0v) is 8.81. The van der Waals surface area contributed by atoms with E-state index in [1.54, 1.807) is 13.3 Å². The lowest BCUT2D eigenvalue weighted by molar-refractivity contribution is 0.187. The lowest BCUT2D eigenvalue weighted by Crippen LogP contribution is -2.17. The Morgan fingerprint density at radius 2 is 2.43 bits per heavy atom. The molecule has 0 spiro atoms. The van der Waals surface area contributed by atoms with E-state index in [-0.39, 0.29) is 6.04 Å². The second-order valence-electron chi connectivity index (χ2n) is 3.27. The van der Waals surface area contributed by atoms with E-state index in [4.69, 9.17) is 10.5 Å². The van der Waals surface area contributed by atoms with Crippen molar-refractivity contribution in [2.45, 2.75) is 32.4 Å². The number of aromatic nitrogens is 3. The van der Waals surface area contributed by atoms with Crippen molar-refractivity contribution < 1.29 is 4.74 Å². The molecule has 1 aromatic rings. The Balaban J connectivity index is 2.58. The van der Waals surface area contributed by atoms with Crippen molar-refractivity contribution in [3.05, 3.63) is 11.9 Å². The highest BCUT2D eigenvalue weighted by molar-refractivity contribution is 5.00. The van der Waals surface area contributed by atoms with Gasteiger partial charge in [0, 0.05) is 20.3 Å². The molecule has 0 fully saturated rings. The molecule has 0 amide bonds. The lowest BCUT2D eigenvalue weighted by Gasteiger charge is -2.11. The van der Waals surface area contributed by atoms with Crippen LogP contribution in [0.3, 0.4) is 0 Å². The van der Waals surface area contributed by atoms with Crippen molar-refractivity contribution in [3.8, 4) is 0 Å². The molecule has 0 saturated heterocycles. The van der Waals surface area contributed by atoms with Crippen molar-refractivity contribution >= 4 is 0 Å². The molecule has 0 aliphatic heterocycles. The molecule has 2 N–H and O–H groups in total. The molecule has 5 nitrogen and oxygen atoms in total. The second-order valence-corrected chi connectivity index (χ2v) is 3.27. The van der Waals surface area contributed by atoms with Gasteiger partial charge in [0.25, 0.3) is 0 Å². The molecule has 0 aliphatic rings. The number of rotatable bonds is 6. The van der Waals surface area contributed by atoms with Crippen LogP contribution < -0.4 is 5.73 Å². The van der Waals surface area contributed by atoms with Gasteiger partial charge in [0.1, 0.15) is 0 Å². The maximum atomic E-state index is 5.98. The van der Waals surface area contributed by atoms with Crippen molar-refractivity contribution in [3.63, 3.8) is 0 Å². The van der Waals surface area contributed by atoms with E-state index in [0.29, 0.717) is 6.61 Å². The molecule has 0 aromatic carbocycles. The van der Waals surface area contributed by atoms with E-state index in [1.165, 1.54) is 0 Å². The van der Waals surface area contributed by atoms with Gasteiger partial charge in [0.15, 0.2) is 0 Å². The molecule has 80 valence electrons. The van der Waals surface area contributed by atoms with Crippen LogP contribution in [0.25, 0.3) is 0 Å². The van der Waals surface area contributed by atoms with E-state index in [0.717, 1.165) is 25.1 Å². The fourth-order valence-corrected chi connectivity index (χ4v) is 1.33. The van der Waals surface area contributed by atoms with Gasteiger partial charge in [0.2, 0.25) is 0 Å². The summed E-state index contributed by atoms with van der Waals surface area (Å²) in [5.41, 5.74) is 6.97. The Bertz CT molecular complexity index is 261. The summed E-state index contributed by atoms with van der Waals surface area (Å²) in [6.07, 6.45) is 3.57. The van der Waals surface area contributed by atoms with E-state index in [2.05, 4.69) is 17.2 Å². The fraction of sp³-hybridized carbons (Fsp3) is 0.778. The number of aryl methyl sites for hydroxylation is 1. The Morgan fingerprint density at radius 3 is 3.07 bits per heavy atom. The van der Waals surface area contributed by atoms with Gasteiger partial charge in [0.05, 0.1) is 17.9 Å². The van der Waals surface area contributed by atoms with Crippen LogP contribution in [-0.2, 0) is 11.3 Å². The summed E-state index contributed by atoms with van der Waals surface area (Å²) in [4.78, 5) is 0. The maximum absolute atomic E-state index is 5.98. The summed E-state index contributed by atoms with van der Waals surface area (Å²) in [7, 11) is 1.67. The molecule has 0 bridgehead atoms. The Kier molecular flexibility index (Phi) is 4.55. The third kappa shape index (κ3) is 2.78. The topological polar surface area (TPSA) is 66.0 Å². The number of hydrogen-bond acceptors (Lipinski definition) is 4.